The van der Waals surface area contributed by atoms with Crippen LogP contribution in [0.5, 0.6) is 0 Å². The fourth-order valence-electron chi connectivity index (χ4n) is 1.41. The Labute approximate surface area is 86.1 Å². The molecule has 0 fully saturated rings. The number of H-pyrrole nitrogens is 1. The molecule has 0 bridgehead atoms. The van der Waals surface area contributed by atoms with Crippen LogP contribution >= 0.6 is 11.6 Å². The van der Waals surface area contributed by atoms with E-state index in [4.69, 9.17) is 11.6 Å². The van der Waals surface area contributed by atoms with E-state index in [0.717, 1.165) is 29.2 Å². The lowest BCUT2D eigenvalue weighted by atomic mass is 10.1. The third kappa shape index (κ3) is 1.63. The summed E-state index contributed by atoms with van der Waals surface area (Å²) in [6.07, 6.45) is 2.22. The molecule has 0 atom stereocenters. The summed E-state index contributed by atoms with van der Waals surface area (Å²) in [7, 11) is 0. The van der Waals surface area contributed by atoms with Crippen molar-refractivity contribution in [3.05, 3.63) is 28.9 Å². The quantitative estimate of drug-likeness (QED) is 0.787. The van der Waals surface area contributed by atoms with Crippen molar-refractivity contribution in [1.82, 2.24) is 10.2 Å². The van der Waals surface area contributed by atoms with Gasteiger partial charge < -0.3 is 4.79 Å². The minimum absolute atomic E-state index is 0.545. The van der Waals surface area contributed by atoms with Crippen molar-refractivity contribution in [2.45, 2.75) is 12.8 Å². The molecule has 0 aliphatic carbocycles. The Morgan fingerprint density at radius 2 is 2.36 bits per heavy atom. The summed E-state index contributed by atoms with van der Waals surface area (Å²) in [6, 6.07) is 5.83. The molecule has 0 radical (unpaired) electrons. The fraction of sp³-hybridized carbons (Fsp3) is 0.200. The predicted molar refractivity (Wildman–Crippen MR) is 55.5 cm³/mol. The van der Waals surface area contributed by atoms with Crippen LogP contribution in [0, 0.1) is 0 Å². The molecule has 1 N–H and O–H groups in total. The number of aromatic amines is 1. The van der Waals surface area contributed by atoms with Gasteiger partial charge in [0.2, 0.25) is 0 Å². The molecular formula is C10H9ClN2O. The van der Waals surface area contributed by atoms with E-state index in [1.165, 1.54) is 0 Å². The van der Waals surface area contributed by atoms with Gasteiger partial charge in [-0.2, -0.15) is 5.10 Å². The van der Waals surface area contributed by atoms with Gasteiger partial charge >= 0.3 is 0 Å². The van der Waals surface area contributed by atoms with Crippen LogP contribution in [0.2, 0.25) is 5.15 Å². The Bertz CT molecular complexity index is 464. The number of hydrogen-bond donors (Lipinski definition) is 1. The van der Waals surface area contributed by atoms with E-state index in [-0.39, 0.29) is 0 Å². The summed E-state index contributed by atoms with van der Waals surface area (Å²) in [5.41, 5.74) is 1.95. The van der Waals surface area contributed by atoms with Gasteiger partial charge in [-0.3, -0.25) is 5.10 Å². The molecule has 2 rings (SSSR count). The predicted octanol–water partition coefficient (Wildman–Crippen LogP) is 2.35. The van der Waals surface area contributed by atoms with Crippen molar-refractivity contribution in [3.8, 4) is 0 Å². The maximum atomic E-state index is 10.2. The second-order valence-corrected chi connectivity index (χ2v) is 3.47. The summed E-state index contributed by atoms with van der Waals surface area (Å²) in [4.78, 5) is 10.2. The molecule has 4 heteroatoms. The van der Waals surface area contributed by atoms with Gasteiger partial charge in [-0.1, -0.05) is 17.7 Å². The number of benzene rings is 1. The molecule has 0 unspecified atom stereocenters. The topological polar surface area (TPSA) is 45.8 Å². The third-order valence-electron chi connectivity index (χ3n) is 2.12. The maximum Gasteiger partial charge on any atom is 0.132 e. The van der Waals surface area contributed by atoms with Crippen molar-refractivity contribution in [2.75, 3.05) is 0 Å². The van der Waals surface area contributed by atoms with Crippen LogP contribution in [0.4, 0.5) is 0 Å². The van der Waals surface area contributed by atoms with Gasteiger partial charge in [-0.05, 0) is 24.1 Å². The summed E-state index contributed by atoms with van der Waals surface area (Å²) < 4.78 is 0. The molecule has 0 amide bonds. The molecule has 1 aromatic carbocycles. The molecule has 0 aliphatic heterocycles. The molecule has 0 spiro atoms. The Hall–Kier alpha value is -1.35. The first-order valence-corrected chi connectivity index (χ1v) is 4.75. The monoisotopic (exact) mass is 208 g/mol. The number of fused-ring (bicyclic) bond motifs is 1. The molecule has 14 heavy (non-hydrogen) atoms. The highest BCUT2D eigenvalue weighted by molar-refractivity contribution is 6.34. The van der Waals surface area contributed by atoms with E-state index in [2.05, 4.69) is 10.2 Å². The zero-order valence-corrected chi connectivity index (χ0v) is 8.21. The highest BCUT2D eigenvalue weighted by Crippen LogP contribution is 2.21. The van der Waals surface area contributed by atoms with E-state index < -0.39 is 0 Å². The van der Waals surface area contributed by atoms with Gasteiger partial charge in [0.15, 0.2) is 0 Å². The highest BCUT2D eigenvalue weighted by Gasteiger charge is 2.03. The summed E-state index contributed by atoms with van der Waals surface area (Å²) in [5.74, 6) is 0. The number of carbonyl (C=O) groups excluding carboxylic acids is 1. The molecular weight excluding hydrogens is 200 g/mol. The van der Waals surface area contributed by atoms with Crippen molar-refractivity contribution in [1.29, 1.82) is 0 Å². The van der Waals surface area contributed by atoms with E-state index in [9.17, 15) is 4.79 Å². The van der Waals surface area contributed by atoms with Gasteiger partial charge in [-0.15, -0.1) is 0 Å². The van der Waals surface area contributed by atoms with E-state index in [1.807, 2.05) is 18.2 Å². The van der Waals surface area contributed by atoms with E-state index >= 15 is 0 Å². The van der Waals surface area contributed by atoms with Crippen LogP contribution < -0.4 is 0 Å². The number of rotatable bonds is 3. The van der Waals surface area contributed by atoms with Gasteiger partial charge in [0, 0.05) is 11.8 Å². The third-order valence-corrected chi connectivity index (χ3v) is 2.41. The minimum atomic E-state index is 0.545. The molecule has 0 aliphatic rings. The largest absolute Gasteiger partial charge is 0.303 e. The first kappa shape index (κ1) is 9.21. The SMILES string of the molecule is O=CCCc1ccc2c(Cl)[nH]nc2c1. The number of nitrogens with one attached hydrogen (secondary N) is 1. The van der Waals surface area contributed by atoms with Crippen LogP contribution in [-0.2, 0) is 11.2 Å². The summed E-state index contributed by atoms with van der Waals surface area (Å²) >= 11 is 5.86. The summed E-state index contributed by atoms with van der Waals surface area (Å²) in [5, 5.41) is 8.22. The highest BCUT2D eigenvalue weighted by atomic mass is 35.5. The number of aldehydes is 1. The Balaban J connectivity index is 2.36. The van der Waals surface area contributed by atoms with E-state index in [0.29, 0.717) is 11.6 Å². The van der Waals surface area contributed by atoms with Crippen molar-refractivity contribution < 1.29 is 4.79 Å². The van der Waals surface area contributed by atoms with Gasteiger partial charge in [0.05, 0.1) is 5.52 Å². The normalized spacial score (nSPS) is 10.6. The molecule has 2 aromatic rings. The lowest BCUT2D eigenvalue weighted by molar-refractivity contribution is -0.107. The molecule has 0 saturated heterocycles. The zero-order valence-electron chi connectivity index (χ0n) is 7.46. The van der Waals surface area contributed by atoms with Crippen LogP contribution in [0.3, 0.4) is 0 Å². The molecule has 72 valence electrons. The Kier molecular flexibility index (Phi) is 2.50. The lowest BCUT2D eigenvalue weighted by Gasteiger charge is -1.96. The first-order valence-electron chi connectivity index (χ1n) is 4.37. The number of nitrogens with zero attached hydrogens (tertiary/aromatic N) is 1. The number of aryl methyl sites for hydroxylation is 1. The number of halogens is 1. The second-order valence-electron chi connectivity index (χ2n) is 3.09. The minimum Gasteiger partial charge on any atom is -0.303 e. The molecule has 1 heterocycles. The van der Waals surface area contributed by atoms with Crippen molar-refractivity contribution in [3.63, 3.8) is 0 Å². The van der Waals surface area contributed by atoms with Gasteiger partial charge in [0.1, 0.15) is 11.4 Å². The Morgan fingerprint density at radius 1 is 1.50 bits per heavy atom. The molecule has 0 saturated carbocycles. The maximum absolute atomic E-state index is 10.2. The summed E-state index contributed by atoms with van der Waals surface area (Å²) in [6.45, 7) is 0. The number of aromatic nitrogens is 2. The van der Waals surface area contributed by atoms with Crippen molar-refractivity contribution >= 4 is 28.8 Å². The number of hydrogen-bond acceptors (Lipinski definition) is 2. The van der Waals surface area contributed by atoms with Gasteiger partial charge in [-0.25, -0.2) is 0 Å². The average Bonchev–Trinajstić information content (AvgIpc) is 2.57. The lowest BCUT2D eigenvalue weighted by Crippen LogP contribution is -1.85. The molecule has 3 nitrogen and oxygen atoms in total. The number of carbonyl (C=O) groups is 1. The first-order chi connectivity index (χ1) is 6.81. The Morgan fingerprint density at radius 3 is 3.14 bits per heavy atom. The van der Waals surface area contributed by atoms with Crippen LogP contribution in [-0.4, -0.2) is 16.5 Å². The fourth-order valence-corrected chi connectivity index (χ4v) is 1.61. The zero-order chi connectivity index (χ0) is 9.97. The van der Waals surface area contributed by atoms with Crippen LogP contribution in [0.15, 0.2) is 18.2 Å². The van der Waals surface area contributed by atoms with Crippen molar-refractivity contribution in [2.24, 2.45) is 0 Å². The second kappa shape index (κ2) is 3.80. The van der Waals surface area contributed by atoms with E-state index in [1.54, 1.807) is 0 Å². The molecule has 1 aromatic heterocycles. The van der Waals surface area contributed by atoms with Crippen LogP contribution in [0.1, 0.15) is 12.0 Å². The smallest absolute Gasteiger partial charge is 0.132 e. The standard InChI is InChI=1S/C10H9ClN2O/c11-10-8-4-3-7(2-1-5-14)6-9(8)12-13-10/h3-6H,1-2H2,(H,12,13). The average molecular weight is 209 g/mol. The van der Waals surface area contributed by atoms with Crippen LogP contribution in [0.25, 0.3) is 10.9 Å². The van der Waals surface area contributed by atoms with Gasteiger partial charge in [0.25, 0.3) is 0 Å².